The lowest BCUT2D eigenvalue weighted by Gasteiger charge is -2.21. The summed E-state index contributed by atoms with van der Waals surface area (Å²) in [6, 6.07) is 3.13. The maximum atomic E-state index is 11.0. The summed E-state index contributed by atoms with van der Waals surface area (Å²) in [6.45, 7) is 3.41. The van der Waals surface area contributed by atoms with Gasteiger partial charge in [-0.05, 0) is 13.0 Å². The predicted octanol–water partition coefficient (Wildman–Crippen LogP) is 2.68. The molecule has 0 bridgehead atoms. The highest BCUT2D eigenvalue weighted by Gasteiger charge is 2.19. The molecule has 1 aromatic rings. The van der Waals surface area contributed by atoms with Crippen LogP contribution in [0.1, 0.15) is 6.92 Å². The van der Waals surface area contributed by atoms with Crippen molar-refractivity contribution in [3.05, 3.63) is 22.2 Å². The van der Waals surface area contributed by atoms with Crippen molar-refractivity contribution in [1.82, 2.24) is 4.98 Å². The van der Waals surface area contributed by atoms with Gasteiger partial charge in [-0.15, -0.1) is 0 Å². The normalized spacial score (nSPS) is 18.6. The van der Waals surface area contributed by atoms with Crippen molar-refractivity contribution >= 4 is 40.8 Å². The van der Waals surface area contributed by atoms with E-state index in [4.69, 9.17) is 0 Å². The Labute approximate surface area is 126 Å². The molecule has 0 aliphatic carbocycles. The molecule has 1 fully saturated rings. The lowest BCUT2D eigenvalue weighted by Crippen LogP contribution is -2.24. The molecule has 20 heavy (non-hydrogen) atoms. The number of anilines is 2. The number of hydrogen-bond acceptors (Lipinski definition) is 7. The van der Waals surface area contributed by atoms with Crippen molar-refractivity contribution in [1.29, 1.82) is 0 Å². The van der Waals surface area contributed by atoms with E-state index in [2.05, 4.69) is 15.6 Å². The van der Waals surface area contributed by atoms with Crippen LogP contribution in [0.2, 0.25) is 0 Å². The van der Waals surface area contributed by atoms with Gasteiger partial charge in [-0.3, -0.25) is 10.1 Å². The Hall–Kier alpha value is -1.15. The summed E-state index contributed by atoms with van der Waals surface area (Å²) in [6.07, 6.45) is 0. The van der Waals surface area contributed by atoms with E-state index >= 15 is 0 Å². The molecule has 2 N–H and O–H groups in total. The molecule has 1 atom stereocenters. The molecule has 0 spiro atoms. The van der Waals surface area contributed by atoms with Gasteiger partial charge in [0.05, 0.1) is 4.92 Å². The lowest BCUT2D eigenvalue weighted by molar-refractivity contribution is -0.384. The predicted molar refractivity (Wildman–Crippen MR) is 87.1 cm³/mol. The zero-order valence-electron chi connectivity index (χ0n) is 11.3. The zero-order chi connectivity index (χ0) is 14.4. The molecule has 1 unspecified atom stereocenters. The zero-order valence-corrected chi connectivity index (χ0v) is 12.9. The summed E-state index contributed by atoms with van der Waals surface area (Å²) < 4.78 is 0. The summed E-state index contributed by atoms with van der Waals surface area (Å²) in [7, 11) is 0. The van der Waals surface area contributed by atoms with Crippen LogP contribution in [0, 0.1) is 10.1 Å². The van der Waals surface area contributed by atoms with E-state index < -0.39 is 4.92 Å². The third-order valence-corrected chi connectivity index (χ3v) is 5.66. The van der Waals surface area contributed by atoms with Crippen LogP contribution in [-0.2, 0) is 0 Å². The summed E-state index contributed by atoms with van der Waals surface area (Å²) in [4.78, 5) is 14.9. The number of nitro groups is 1. The molecule has 2 rings (SSSR count). The fraction of sp³-hybridized carbons (Fsp3) is 0.583. The summed E-state index contributed by atoms with van der Waals surface area (Å²) in [5.74, 6) is 4.42. The van der Waals surface area contributed by atoms with E-state index in [1.165, 1.54) is 11.8 Å². The quantitative estimate of drug-likeness (QED) is 0.617. The number of pyridine rings is 1. The van der Waals surface area contributed by atoms with Gasteiger partial charge in [-0.2, -0.15) is 23.5 Å². The maximum Gasteiger partial charge on any atom is 0.311 e. The van der Waals surface area contributed by atoms with Crippen LogP contribution in [0.25, 0.3) is 0 Å². The second-order valence-corrected chi connectivity index (χ2v) is 6.86. The third-order valence-electron chi connectivity index (χ3n) is 2.81. The van der Waals surface area contributed by atoms with Crippen molar-refractivity contribution < 1.29 is 4.92 Å². The van der Waals surface area contributed by atoms with Crippen molar-refractivity contribution in [3.8, 4) is 0 Å². The van der Waals surface area contributed by atoms with Crippen LogP contribution in [0.5, 0.6) is 0 Å². The van der Waals surface area contributed by atoms with Gasteiger partial charge in [0.2, 0.25) is 5.82 Å². The number of rotatable bonds is 6. The molecule has 6 nitrogen and oxygen atoms in total. The number of nitrogens with zero attached hydrogens (tertiary/aromatic N) is 2. The SMILES string of the molecule is CCNc1ccc([N+](=O)[O-])c(NCC2CSCCS2)n1. The fourth-order valence-electron chi connectivity index (χ4n) is 1.87. The third kappa shape index (κ3) is 4.17. The molecular formula is C12H18N4O2S2. The minimum atomic E-state index is -0.395. The number of thioether (sulfide) groups is 2. The molecule has 2 heterocycles. The Morgan fingerprint density at radius 3 is 2.95 bits per heavy atom. The standard InChI is InChI=1S/C12H18N4O2S2/c1-2-13-11-4-3-10(16(17)18)12(15-11)14-7-9-8-19-5-6-20-9/h3-4,9H,2,5-8H2,1H3,(H2,13,14,15). The van der Waals surface area contributed by atoms with Gasteiger partial charge in [0.25, 0.3) is 0 Å². The first-order chi connectivity index (χ1) is 9.70. The van der Waals surface area contributed by atoms with Crippen LogP contribution in [-0.4, -0.2) is 45.5 Å². The van der Waals surface area contributed by atoms with E-state index in [0.717, 1.165) is 18.1 Å². The van der Waals surface area contributed by atoms with E-state index in [1.54, 1.807) is 6.07 Å². The van der Waals surface area contributed by atoms with Gasteiger partial charge < -0.3 is 10.6 Å². The first kappa shape index (κ1) is 15.2. The average Bonchev–Trinajstić information content (AvgIpc) is 2.46. The Morgan fingerprint density at radius 2 is 2.30 bits per heavy atom. The molecule has 0 aromatic carbocycles. The van der Waals surface area contributed by atoms with Crippen LogP contribution >= 0.6 is 23.5 Å². The molecule has 110 valence electrons. The molecule has 0 amide bonds. The molecular weight excluding hydrogens is 296 g/mol. The summed E-state index contributed by atoms with van der Waals surface area (Å²) in [5.41, 5.74) is 0.0279. The van der Waals surface area contributed by atoms with Gasteiger partial charge in [0, 0.05) is 41.7 Å². The van der Waals surface area contributed by atoms with Gasteiger partial charge in [0.15, 0.2) is 0 Å². The Balaban J connectivity index is 2.06. The van der Waals surface area contributed by atoms with Crippen LogP contribution in [0.15, 0.2) is 12.1 Å². The summed E-state index contributed by atoms with van der Waals surface area (Å²) in [5, 5.41) is 17.7. The second-order valence-electron chi connectivity index (χ2n) is 4.30. The van der Waals surface area contributed by atoms with E-state index in [0.29, 0.717) is 23.4 Å². The topological polar surface area (TPSA) is 80.1 Å². The second kappa shape index (κ2) is 7.58. The first-order valence-corrected chi connectivity index (χ1v) is 8.73. The van der Waals surface area contributed by atoms with Crippen molar-refractivity contribution in [3.63, 3.8) is 0 Å². The van der Waals surface area contributed by atoms with Gasteiger partial charge in [-0.25, -0.2) is 4.98 Å². The highest BCUT2D eigenvalue weighted by atomic mass is 32.2. The Bertz CT molecular complexity index is 467. The van der Waals surface area contributed by atoms with E-state index in [1.807, 2.05) is 30.4 Å². The maximum absolute atomic E-state index is 11.0. The number of nitrogens with one attached hydrogen (secondary N) is 2. The Kier molecular flexibility index (Phi) is 5.78. The Morgan fingerprint density at radius 1 is 1.45 bits per heavy atom. The van der Waals surface area contributed by atoms with Crippen LogP contribution in [0.3, 0.4) is 0 Å². The van der Waals surface area contributed by atoms with Gasteiger partial charge in [-0.1, -0.05) is 0 Å². The highest BCUT2D eigenvalue weighted by Crippen LogP contribution is 2.27. The van der Waals surface area contributed by atoms with Crippen LogP contribution < -0.4 is 10.6 Å². The van der Waals surface area contributed by atoms with E-state index in [-0.39, 0.29) is 5.69 Å². The fourth-order valence-corrected chi connectivity index (χ4v) is 4.49. The van der Waals surface area contributed by atoms with Gasteiger partial charge in [0.1, 0.15) is 5.82 Å². The molecule has 0 saturated carbocycles. The number of hydrogen-bond donors (Lipinski definition) is 2. The largest absolute Gasteiger partial charge is 0.370 e. The molecule has 1 aliphatic rings. The average molecular weight is 314 g/mol. The van der Waals surface area contributed by atoms with Crippen LogP contribution in [0.4, 0.5) is 17.3 Å². The van der Waals surface area contributed by atoms with Gasteiger partial charge >= 0.3 is 5.69 Å². The van der Waals surface area contributed by atoms with Crippen molar-refractivity contribution in [2.75, 3.05) is 41.0 Å². The number of aromatic nitrogens is 1. The minimum Gasteiger partial charge on any atom is -0.370 e. The molecule has 8 heteroatoms. The molecule has 1 aromatic heterocycles. The van der Waals surface area contributed by atoms with Crippen molar-refractivity contribution in [2.24, 2.45) is 0 Å². The summed E-state index contributed by atoms with van der Waals surface area (Å²) >= 11 is 3.85. The lowest BCUT2D eigenvalue weighted by atomic mass is 10.3. The molecule has 1 saturated heterocycles. The minimum absolute atomic E-state index is 0.0279. The highest BCUT2D eigenvalue weighted by molar-refractivity contribution is 8.06. The van der Waals surface area contributed by atoms with E-state index in [9.17, 15) is 10.1 Å². The van der Waals surface area contributed by atoms with Crippen molar-refractivity contribution in [2.45, 2.75) is 12.2 Å². The first-order valence-electron chi connectivity index (χ1n) is 6.53. The smallest absolute Gasteiger partial charge is 0.311 e. The molecule has 1 aliphatic heterocycles. The monoisotopic (exact) mass is 314 g/mol. The molecule has 0 radical (unpaired) electrons.